The fourth-order valence-corrected chi connectivity index (χ4v) is 3.45. The Hall–Kier alpha value is -4.41. The quantitative estimate of drug-likeness (QED) is 0.335. The smallest absolute Gasteiger partial charge is 0.333 e. The van der Waals surface area contributed by atoms with Crippen LogP contribution in [0.5, 0.6) is 0 Å². The van der Waals surface area contributed by atoms with E-state index in [0.29, 0.717) is 27.5 Å². The lowest BCUT2D eigenvalue weighted by molar-refractivity contribution is 0.0566. The maximum Gasteiger partial charge on any atom is 0.333 e. The van der Waals surface area contributed by atoms with Gasteiger partial charge in [0.05, 0.1) is 35.7 Å². The molecular weight excluding hydrogens is 440 g/mol. The zero-order valence-electron chi connectivity index (χ0n) is 18.2. The van der Waals surface area contributed by atoms with Crippen molar-refractivity contribution in [1.82, 2.24) is 34.1 Å². The van der Waals surface area contributed by atoms with Crippen molar-refractivity contribution in [3.63, 3.8) is 0 Å². The van der Waals surface area contributed by atoms with Crippen molar-refractivity contribution >= 4 is 23.1 Å². The molecule has 0 saturated carbocycles. The van der Waals surface area contributed by atoms with Gasteiger partial charge in [0.15, 0.2) is 0 Å². The third kappa shape index (κ3) is 4.40. The van der Waals surface area contributed by atoms with E-state index in [1.165, 1.54) is 12.4 Å². The number of imidazole rings is 1. The van der Waals surface area contributed by atoms with Crippen LogP contribution in [-0.4, -0.2) is 40.7 Å². The summed E-state index contributed by atoms with van der Waals surface area (Å²) in [5.41, 5.74) is 4.16. The van der Waals surface area contributed by atoms with Gasteiger partial charge in [0.2, 0.25) is 5.95 Å². The summed E-state index contributed by atoms with van der Waals surface area (Å²) in [6, 6.07) is 9.22. The average Bonchev–Trinajstić information content (AvgIpc) is 3.51. The number of nitrogens with one attached hydrogen (secondary N) is 2. The summed E-state index contributed by atoms with van der Waals surface area (Å²) in [4.78, 5) is 17.7. The Morgan fingerprint density at radius 2 is 1.85 bits per heavy atom. The van der Waals surface area contributed by atoms with Crippen molar-refractivity contribution < 1.29 is 8.78 Å². The van der Waals surface area contributed by atoms with Gasteiger partial charge < -0.3 is 10.6 Å². The molecule has 0 atom stereocenters. The van der Waals surface area contributed by atoms with Gasteiger partial charge in [-0.3, -0.25) is 4.40 Å². The van der Waals surface area contributed by atoms with Gasteiger partial charge in [0.25, 0.3) is 0 Å². The zero-order valence-corrected chi connectivity index (χ0v) is 18.2. The van der Waals surface area contributed by atoms with Crippen LogP contribution in [0.4, 0.5) is 26.2 Å². The first-order chi connectivity index (χ1) is 16.6. The second kappa shape index (κ2) is 9.22. The van der Waals surface area contributed by atoms with Crippen molar-refractivity contribution in [2.45, 2.75) is 19.9 Å². The molecule has 34 heavy (non-hydrogen) atoms. The number of alkyl halides is 2. The number of rotatable bonds is 8. The van der Waals surface area contributed by atoms with Crippen LogP contribution in [0.2, 0.25) is 0 Å². The van der Waals surface area contributed by atoms with E-state index in [4.69, 9.17) is 0 Å². The van der Waals surface area contributed by atoms with E-state index < -0.39 is 6.55 Å². The number of aromatic nitrogens is 7. The van der Waals surface area contributed by atoms with E-state index >= 15 is 0 Å². The van der Waals surface area contributed by atoms with E-state index in [1.54, 1.807) is 24.7 Å². The lowest BCUT2D eigenvalue weighted by Gasteiger charge is -2.08. The van der Waals surface area contributed by atoms with E-state index in [9.17, 15) is 8.78 Å². The monoisotopic (exact) mass is 461 g/mol. The summed E-state index contributed by atoms with van der Waals surface area (Å²) in [6.07, 6.45) is 10.7. The topological polar surface area (TPSA) is 97.8 Å². The minimum Gasteiger partial charge on any atom is -0.370 e. The van der Waals surface area contributed by atoms with Gasteiger partial charge in [-0.1, -0.05) is 6.92 Å². The van der Waals surface area contributed by atoms with E-state index in [0.717, 1.165) is 35.7 Å². The van der Waals surface area contributed by atoms with Gasteiger partial charge in [0, 0.05) is 36.3 Å². The standard InChI is InChI=1S/C23H21F2N9/c1-2-8-26-20-5-4-17(11-28-20)31-23-27-9-7-18(32-23)19-12-29-21-6-3-15(13-33(19)21)16-10-30-34(14-16)22(24)25/h3-7,9-14,22H,2,8H2,1H3,(H,26,28)(H,27,31,32). The lowest BCUT2D eigenvalue weighted by Crippen LogP contribution is -2.03. The SMILES string of the molecule is CCCNc1ccc(Nc2nccc(-c3cnc4ccc(-c5cnn(C(F)F)c5)cn34)n2)cn1. The Morgan fingerprint density at radius 1 is 0.941 bits per heavy atom. The third-order valence-electron chi connectivity index (χ3n) is 5.13. The molecule has 5 aromatic rings. The van der Waals surface area contributed by atoms with Crippen LogP contribution in [0.3, 0.4) is 0 Å². The van der Waals surface area contributed by atoms with E-state index in [1.807, 2.05) is 34.9 Å². The van der Waals surface area contributed by atoms with Crippen LogP contribution in [-0.2, 0) is 0 Å². The van der Waals surface area contributed by atoms with Crippen molar-refractivity contribution in [2.24, 2.45) is 0 Å². The van der Waals surface area contributed by atoms with Crippen LogP contribution >= 0.6 is 0 Å². The van der Waals surface area contributed by atoms with Crippen LogP contribution in [0.15, 0.2) is 67.5 Å². The highest BCUT2D eigenvalue weighted by Crippen LogP contribution is 2.26. The van der Waals surface area contributed by atoms with Crippen LogP contribution in [0, 0.1) is 0 Å². The van der Waals surface area contributed by atoms with Gasteiger partial charge in [0.1, 0.15) is 11.5 Å². The number of nitrogens with zero attached hydrogens (tertiary/aromatic N) is 7. The minimum atomic E-state index is -2.69. The number of halogens is 2. The second-order valence-corrected chi connectivity index (χ2v) is 7.53. The van der Waals surface area contributed by atoms with E-state index in [-0.39, 0.29) is 0 Å². The minimum absolute atomic E-state index is 0.415. The largest absolute Gasteiger partial charge is 0.370 e. The first kappa shape index (κ1) is 21.4. The van der Waals surface area contributed by atoms with E-state index in [2.05, 4.69) is 42.6 Å². The molecule has 9 nitrogen and oxygen atoms in total. The summed E-state index contributed by atoms with van der Waals surface area (Å²) in [6.45, 7) is 0.270. The summed E-state index contributed by atoms with van der Waals surface area (Å²) in [5, 5.41) is 10.1. The molecule has 172 valence electrons. The zero-order chi connectivity index (χ0) is 23.5. The molecule has 0 spiro atoms. The Labute approximate surface area is 193 Å². The molecule has 5 aromatic heterocycles. The normalized spacial score (nSPS) is 11.3. The number of hydrogen-bond acceptors (Lipinski definition) is 7. The molecule has 0 amide bonds. The van der Waals surface area contributed by atoms with Crippen molar-refractivity contribution in [3.8, 4) is 22.5 Å². The molecule has 11 heteroatoms. The van der Waals surface area contributed by atoms with Crippen LogP contribution in [0.25, 0.3) is 28.2 Å². The third-order valence-corrected chi connectivity index (χ3v) is 5.13. The first-order valence-electron chi connectivity index (χ1n) is 10.7. The molecule has 0 fully saturated rings. The number of anilines is 3. The summed E-state index contributed by atoms with van der Waals surface area (Å²) < 4.78 is 28.3. The molecule has 2 N–H and O–H groups in total. The van der Waals surface area contributed by atoms with Crippen LogP contribution < -0.4 is 10.6 Å². The molecule has 0 bridgehead atoms. The molecule has 5 heterocycles. The Morgan fingerprint density at radius 3 is 2.62 bits per heavy atom. The average molecular weight is 461 g/mol. The first-order valence-corrected chi connectivity index (χ1v) is 10.7. The van der Waals surface area contributed by atoms with Gasteiger partial charge >= 0.3 is 6.55 Å². The maximum absolute atomic E-state index is 12.9. The van der Waals surface area contributed by atoms with Gasteiger partial charge in [-0.2, -0.15) is 13.9 Å². The molecule has 0 aromatic carbocycles. The fraction of sp³-hybridized carbons (Fsp3) is 0.174. The Balaban J connectivity index is 1.42. The molecule has 0 aliphatic carbocycles. The highest BCUT2D eigenvalue weighted by molar-refractivity contribution is 5.68. The number of pyridine rings is 2. The highest BCUT2D eigenvalue weighted by atomic mass is 19.3. The summed E-state index contributed by atoms with van der Waals surface area (Å²) in [5.74, 6) is 1.22. The van der Waals surface area contributed by atoms with Gasteiger partial charge in [-0.05, 0) is 36.8 Å². The predicted octanol–water partition coefficient (Wildman–Crippen LogP) is 5.01. The molecule has 0 radical (unpaired) electrons. The number of fused-ring (bicyclic) bond motifs is 1. The molecule has 5 rings (SSSR count). The van der Waals surface area contributed by atoms with Crippen molar-refractivity contribution in [3.05, 3.63) is 67.5 Å². The Bertz CT molecular complexity index is 1410. The fourth-order valence-electron chi connectivity index (χ4n) is 3.45. The molecule has 0 saturated heterocycles. The maximum atomic E-state index is 12.9. The predicted molar refractivity (Wildman–Crippen MR) is 125 cm³/mol. The summed E-state index contributed by atoms with van der Waals surface area (Å²) >= 11 is 0. The molecular formula is C23H21F2N9. The Kier molecular flexibility index (Phi) is 5.81. The summed E-state index contributed by atoms with van der Waals surface area (Å²) in [7, 11) is 0. The van der Waals surface area contributed by atoms with Crippen molar-refractivity contribution in [1.29, 1.82) is 0 Å². The van der Waals surface area contributed by atoms with Gasteiger partial charge in [-0.15, -0.1) is 0 Å². The molecule has 0 aliphatic heterocycles. The molecule has 0 unspecified atom stereocenters. The highest BCUT2D eigenvalue weighted by Gasteiger charge is 2.13. The van der Waals surface area contributed by atoms with Crippen molar-refractivity contribution in [2.75, 3.05) is 17.2 Å². The lowest BCUT2D eigenvalue weighted by atomic mass is 10.1. The van der Waals surface area contributed by atoms with Crippen LogP contribution in [0.1, 0.15) is 19.9 Å². The second-order valence-electron chi connectivity index (χ2n) is 7.53. The van der Waals surface area contributed by atoms with Gasteiger partial charge in [-0.25, -0.2) is 24.6 Å². The number of hydrogen-bond donors (Lipinski definition) is 2. The molecule has 0 aliphatic rings.